The van der Waals surface area contributed by atoms with Crippen molar-refractivity contribution in [1.82, 2.24) is 0 Å². The van der Waals surface area contributed by atoms with Crippen LogP contribution in [0.25, 0.3) is 0 Å². The molecule has 1 aromatic carbocycles. The maximum atomic E-state index is 11.5. The summed E-state index contributed by atoms with van der Waals surface area (Å²) in [5, 5.41) is 22.4. The lowest BCUT2D eigenvalue weighted by atomic mass is 10.1. The van der Waals surface area contributed by atoms with E-state index in [1.54, 1.807) is 26.8 Å². The van der Waals surface area contributed by atoms with Gasteiger partial charge in [0.1, 0.15) is 11.4 Å². The number of ether oxygens (including phenoxy) is 1. The summed E-state index contributed by atoms with van der Waals surface area (Å²) in [6, 6.07) is 4.47. The van der Waals surface area contributed by atoms with Crippen molar-refractivity contribution in [2.24, 2.45) is 0 Å². The fraction of sp³-hybridized carbons (Fsp3) is 0.462. The van der Waals surface area contributed by atoms with Gasteiger partial charge in [0.25, 0.3) is 0 Å². The Hall–Kier alpha value is -2.31. The Morgan fingerprint density at radius 1 is 1.45 bits per heavy atom. The van der Waals surface area contributed by atoms with Crippen molar-refractivity contribution >= 4 is 11.8 Å². The Morgan fingerprint density at radius 2 is 2.10 bits per heavy atom. The lowest BCUT2D eigenvalue weighted by Gasteiger charge is -2.20. The summed E-state index contributed by atoms with van der Waals surface area (Å²) in [6.07, 6.45) is -0.460. The first-order valence-electron chi connectivity index (χ1n) is 6.11. The van der Waals surface area contributed by atoms with E-state index in [0.717, 1.165) is 0 Å². The summed E-state index contributed by atoms with van der Waals surface area (Å²) in [5.74, 6) is -0.156. The molecule has 2 N–H and O–H groups in total. The van der Waals surface area contributed by atoms with Crippen LogP contribution in [0.15, 0.2) is 18.2 Å². The molecule has 0 saturated heterocycles. The molecule has 1 aromatic rings. The molecule has 0 heterocycles. The maximum Gasteiger partial charge on any atom is 0.412 e. The fourth-order valence-electron chi connectivity index (χ4n) is 1.47. The second kappa shape index (κ2) is 6.23. The third kappa shape index (κ3) is 5.55. The number of phenols is 1. The Labute approximate surface area is 116 Å². The third-order valence-corrected chi connectivity index (χ3v) is 2.28. The van der Waals surface area contributed by atoms with Crippen molar-refractivity contribution < 1.29 is 19.6 Å². The van der Waals surface area contributed by atoms with Gasteiger partial charge in [0.05, 0.1) is 5.69 Å². The molecule has 0 atom stereocenters. The van der Waals surface area contributed by atoms with E-state index >= 15 is 0 Å². The van der Waals surface area contributed by atoms with E-state index in [4.69, 9.17) is 4.74 Å². The molecule has 0 radical (unpaired) electrons. The first-order valence-corrected chi connectivity index (χ1v) is 6.11. The molecule has 0 aromatic heterocycles. The molecule has 7 heteroatoms. The lowest BCUT2D eigenvalue weighted by molar-refractivity contribution is -0.479. The lowest BCUT2D eigenvalue weighted by Crippen LogP contribution is -2.27. The van der Waals surface area contributed by atoms with Gasteiger partial charge in [-0.2, -0.15) is 0 Å². The monoisotopic (exact) mass is 282 g/mol. The molecule has 20 heavy (non-hydrogen) atoms. The van der Waals surface area contributed by atoms with Gasteiger partial charge in [0.15, 0.2) is 0 Å². The molecule has 110 valence electrons. The predicted octanol–water partition coefficient (Wildman–Crippen LogP) is 2.56. The molecule has 0 unspecified atom stereocenters. The number of nitrogens with zero attached hydrogens (tertiary/aromatic N) is 1. The molecule has 0 aliphatic rings. The zero-order chi connectivity index (χ0) is 15.3. The van der Waals surface area contributed by atoms with Gasteiger partial charge in [-0.1, -0.05) is 6.07 Å². The number of rotatable bonds is 4. The average molecular weight is 282 g/mol. The summed E-state index contributed by atoms with van der Waals surface area (Å²) in [4.78, 5) is 21.4. The molecule has 0 spiro atoms. The highest BCUT2D eigenvalue weighted by Crippen LogP contribution is 2.25. The number of phenolic OH excluding ortho intramolecular Hbond substituents is 1. The first-order chi connectivity index (χ1) is 9.17. The van der Waals surface area contributed by atoms with E-state index < -0.39 is 16.6 Å². The van der Waals surface area contributed by atoms with Gasteiger partial charge in [-0.05, 0) is 38.5 Å². The highest BCUT2D eigenvalue weighted by Gasteiger charge is 2.17. The van der Waals surface area contributed by atoms with Gasteiger partial charge >= 0.3 is 6.09 Å². The number of hydrogen-bond donors (Lipinski definition) is 2. The molecule has 1 rings (SSSR count). The van der Waals surface area contributed by atoms with E-state index in [2.05, 4.69) is 5.32 Å². The molecule has 0 aliphatic carbocycles. The van der Waals surface area contributed by atoms with Gasteiger partial charge < -0.3 is 9.84 Å². The van der Waals surface area contributed by atoms with E-state index in [0.29, 0.717) is 5.56 Å². The molecule has 0 saturated carbocycles. The largest absolute Gasteiger partial charge is 0.506 e. The van der Waals surface area contributed by atoms with Gasteiger partial charge in [0.2, 0.25) is 6.54 Å². The summed E-state index contributed by atoms with van der Waals surface area (Å²) < 4.78 is 5.06. The fourth-order valence-corrected chi connectivity index (χ4v) is 1.47. The van der Waals surface area contributed by atoms with Crippen molar-refractivity contribution in [3.05, 3.63) is 33.9 Å². The normalized spacial score (nSPS) is 10.9. The topological polar surface area (TPSA) is 102 Å². The van der Waals surface area contributed by atoms with Crippen molar-refractivity contribution in [3.63, 3.8) is 0 Å². The Bertz CT molecular complexity index is 508. The van der Waals surface area contributed by atoms with Crippen LogP contribution in [-0.4, -0.2) is 28.3 Å². The van der Waals surface area contributed by atoms with Crippen LogP contribution in [0.3, 0.4) is 0 Å². The number of nitro groups is 1. The Kier molecular flexibility index (Phi) is 4.90. The minimum absolute atomic E-state index is 0.156. The van der Waals surface area contributed by atoms with Crippen LogP contribution in [0.1, 0.15) is 26.3 Å². The highest BCUT2D eigenvalue weighted by molar-refractivity contribution is 5.86. The van der Waals surface area contributed by atoms with E-state index in [-0.39, 0.29) is 24.4 Å². The van der Waals surface area contributed by atoms with Crippen molar-refractivity contribution in [3.8, 4) is 5.75 Å². The zero-order valence-corrected chi connectivity index (χ0v) is 11.7. The van der Waals surface area contributed by atoms with E-state index in [9.17, 15) is 20.0 Å². The van der Waals surface area contributed by atoms with Crippen LogP contribution in [0.4, 0.5) is 10.5 Å². The van der Waals surface area contributed by atoms with E-state index in [1.165, 1.54) is 12.1 Å². The van der Waals surface area contributed by atoms with Crippen molar-refractivity contribution in [2.75, 3.05) is 11.9 Å². The summed E-state index contributed by atoms with van der Waals surface area (Å²) in [6.45, 7) is 4.98. The van der Waals surface area contributed by atoms with Crippen LogP contribution in [0.5, 0.6) is 5.75 Å². The number of amides is 1. The van der Waals surface area contributed by atoms with Crippen LogP contribution >= 0.6 is 0 Å². The third-order valence-electron chi connectivity index (χ3n) is 2.28. The quantitative estimate of drug-likeness (QED) is 0.502. The first kappa shape index (κ1) is 15.7. The van der Waals surface area contributed by atoms with Gasteiger partial charge in [0, 0.05) is 11.3 Å². The molecule has 0 fully saturated rings. The second-order valence-electron chi connectivity index (χ2n) is 5.28. The van der Waals surface area contributed by atoms with Crippen molar-refractivity contribution in [2.45, 2.75) is 32.8 Å². The summed E-state index contributed by atoms with van der Waals surface area (Å²) >= 11 is 0. The van der Waals surface area contributed by atoms with E-state index in [1.807, 2.05) is 0 Å². The summed E-state index contributed by atoms with van der Waals surface area (Å²) in [5.41, 5.74) is 0.184. The number of hydrogen-bond acceptors (Lipinski definition) is 5. The SMILES string of the molecule is CC(C)(C)OC(=O)Nc1ccc(CC[N+](=O)[O-])cc1O. The molecule has 0 aliphatic heterocycles. The number of benzene rings is 1. The molecule has 7 nitrogen and oxygen atoms in total. The highest BCUT2D eigenvalue weighted by atomic mass is 16.6. The number of nitrogens with one attached hydrogen (secondary N) is 1. The van der Waals surface area contributed by atoms with Gasteiger partial charge in [-0.15, -0.1) is 0 Å². The number of carbonyl (C=O) groups excluding carboxylic acids is 1. The number of anilines is 1. The van der Waals surface area contributed by atoms with Crippen LogP contribution in [0, 0.1) is 10.1 Å². The number of aromatic hydroxyl groups is 1. The standard InChI is InChI=1S/C13H18N2O5/c1-13(2,3)20-12(17)14-10-5-4-9(8-11(10)16)6-7-15(18)19/h4-5,8,16H,6-7H2,1-3H3,(H,14,17). The second-order valence-corrected chi connectivity index (χ2v) is 5.28. The zero-order valence-electron chi connectivity index (χ0n) is 11.7. The minimum Gasteiger partial charge on any atom is -0.506 e. The molecular formula is C13H18N2O5. The van der Waals surface area contributed by atoms with Gasteiger partial charge in [-0.3, -0.25) is 15.4 Å². The average Bonchev–Trinajstić information content (AvgIpc) is 2.27. The number of carbonyl (C=O) groups is 1. The molecule has 0 bridgehead atoms. The Balaban J connectivity index is 2.68. The smallest absolute Gasteiger partial charge is 0.412 e. The molecular weight excluding hydrogens is 264 g/mol. The maximum absolute atomic E-state index is 11.5. The Morgan fingerprint density at radius 3 is 2.60 bits per heavy atom. The summed E-state index contributed by atoms with van der Waals surface area (Å²) in [7, 11) is 0. The van der Waals surface area contributed by atoms with Crippen LogP contribution in [-0.2, 0) is 11.2 Å². The van der Waals surface area contributed by atoms with Crippen LogP contribution in [0.2, 0.25) is 0 Å². The van der Waals surface area contributed by atoms with Crippen LogP contribution < -0.4 is 5.32 Å². The minimum atomic E-state index is -0.675. The predicted molar refractivity (Wildman–Crippen MR) is 73.5 cm³/mol. The van der Waals surface area contributed by atoms with Crippen molar-refractivity contribution in [1.29, 1.82) is 0 Å². The van der Waals surface area contributed by atoms with Gasteiger partial charge in [-0.25, -0.2) is 4.79 Å². The molecule has 1 amide bonds.